The van der Waals surface area contributed by atoms with Gasteiger partial charge in [0.1, 0.15) is 0 Å². The van der Waals surface area contributed by atoms with E-state index >= 15 is 0 Å². The maximum absolute atomic E-state index is 9.39. The van der Waals surface area contributed by atoms with Crippen molar-refractivity contribution < 1.29 is 9.84 Å². The van der Waals surface area contributed by atoms with Crippen LogP contribution in [0.4, 0.5) is 0 Å². The number of hydrogen-bond donors (Lipinski definition) is 2. The van der Waals surface area contributed by atoms with Crippen molar-refractivity contribution >= 4 is 0 Å². The molecule has 0 aromatic carbocycles. The molecular weight excluding hydrogens is 154 g/mol. The first-order chi connectivity index (χ1) is 5.74. The van der Waals surface area contributed by atoms with Crippen LogP contribution < -0.4 is 5.32 Å². The Morgan fingerprint density at radius 2 is 2.42 bits per heavy atom. The van der Waals surface area contributed by atoms with Crippen molar-refractivity contribution in [2.45, 2.75) is 44.9 Å². The summed E-state index contributed by atoms with van der Waals surface area (Å²) in [5, 5.41) is 12.7. The van der Waals surface area contributed by atoms with Gasteiger partial charge < -0.3 is 15.2 Å². The summed E-state index contributed by atoms with van der Waals surface area (Å²) in [7, 11) is 0. The molecule has 3 unspecified atom stereocenters. The highest BCUT2D eigenvalue weighted by Crippen LogP contribution is 2.16. The van der Waals surface area contributed by atoms with Crippen molar-refractivity contribution in [3.63, 3.8) is 0 Å². The second kappa shape index (κ2) is 4.80. The Bertz CT molecular complexity index is 130. The quantitative estimate of drug-likeness (QED) is 0.654. The summed E-state index contributed by atoms with van der Waals surface area (Å²) in [5.41, 5.74) is 0. The van der Waals surface area contributed by atoms with E-state index < -0.39 is 0 Å². The highest BCUT2D eigenvalue weighted by molar-refractivity contribution is 4.78. The summed E-state index contributed by atoms with van der Waals surface area (Å²) in [6.45, 7) is 5.83. The highest BCUT2D eigenvalue weighted by atomic mass is 16.5. The maximum atomic E-state index is 9.39. The normalized spacial score (nSPS) is 33.2. The molecule has 72 valence electrons. The van der Waals surface area contributed by atoms with Gasteiger partial charge in [-0.25, -0.2) is 0 Å². The number of ether oxygens (including phenoxy) is 1. The summed E-state index contributed by atoms with van der Waals surface area (Å²) < 4.78 is 5.54. The number of hydrogen-bond acceptors (Lipinski definition) is 3. The van der Waals surface area contributed by atoms with Gasteiger partial charge in [-0.15, -0.1) is 0 Å². The predicted octanol–water partition coefficient (Wildman–Crippen LogP) is 0.524. The Kier molecular flexibility index (Phi) is 3.98. The lowest BCUT2D eigenvalue weighted by Crippen LogP contribution is -2.43. The van der Waals surface area contributed by atoms with E-state index in [4.69, 9.17) is 4.74 Å². The van der Waals surface area contributed by atoms with Gasteiger partial charge in [-0.3, -0.25) is 0 Å². The van der Waals surface area contributed by atoms with Gasteiger partial charge in [0.15, 0.2) is 0 Å². The van der Waals surface area contributed by atoms with Crippen LogP contribution in [-0.4, -0.2) is 36.5 Å². The fourth-order valence-electron chi connectivity index (χ4n) is 1.61. The molecular formula is C9H19NO2. The smallest absolute Gasteiger partial charge is 0.0749 e. The summed E-state index contributed by atoms with van der Waals surface area (Å²) >= 11 is 0. The molecule has 3 nitrogen and oxygen atoms in total. The van der Waals surface area contributed by atoms with Crippen LogP contribution in [0.25, 0.3) is 0 Å². The Morgan fingerprint density at radius 1 is 1.67 bits per heavy atom. The fraction of sp³-hybridized carbons (Fsp3) is 1.00. The minimum atomic E-state index is -0.162. The van der Waals surface area contributed by atoms with E-state index in [0.717, 1.165) is 19.4 Å². The molecule has 1 saturated heterocycles. The van der Waals surface area contributed by atoms with Crippen LogP contribution in [0.3, 0.4) is 0 Å². The lowest BCUT2D eigenvalue weighted by Gasteiger charge is -2.31. The van der Waals surface area contributed by atoms with Crippen molar-refractivity contribution in [1.82, 2.24) is 5.32 Å². The third-order valence-corrected chi connectivity index (χ3v) is 2.37. The van der Waals surface area contributed by atoms with Crippen molar-refractivity contribution in [3.8, 4) is 0 Å². The first kappa shape index (κ1) is 9.96. The molecule has 0 aliphatic carbocycles. The van der Waals surface area contributed by atoms with E-state index in [0.29, 0.717) is 12.6 Å². The summed E-state index contributed by atoms with van der Waals surface area (Å²) in [6, 6.07) is 0.352. The third kappa shape index (κ3) is 2.73. The van der Waals surface area contributed by atoms with Crippen LogP contribution in [0, 0.1) is 0 Å². The zero-order valence-corrected chi connectivity index (χ0v) is 7.92. The molecule has 1 aliphatic rings. The van der Waals surface area contributed by atoms with Crippen LogP contribution in [0.2, 0.25) is 0 Å². The molecule has 0 spiro atoms. The number of aliphatic hydroxyl groups is 1. The van der Waals surface area contributed by atoms with Gasteiger partial charge in [0.25, 0.3) is 0 Å². The van der Waals surface area contributed by atoms with Crippen LogP contribution in [0.15, 0.2) is 0 Å². The van der Waals surface area contributed by atoms with E-state index in [1.54, 1.807) is 0 Å². The Morgan fingerprint density at radius 3 is 3.00 bits per heavy atom. The maximum Gasteiger partial charge on any atom is 0.0749 e. The van der Waals surface area contributed by atoms with E-state index in [1.165, 1.54) is 0 Å². The number of nitrogens with one attached hydrogen (secondary N) is 1. The van der Waals surface area contributed by atoms with Crippen LogP contribution in [-0.2, 0) is 4.74 Å². The molecule has 2 N–H and O–H groups in total. The first-order valence-electron chi connectivity index (χ1n) is 4.77. The van der Waals surface area contributed by atoms with Gasteiger partial charge in [-0.1, -0.05) is 6.92 Å². The van der Waals surface area contributed by atoms with Gasteiger partial charge in [-0.05, 0) is 19.9 Å². The topological polar surface area (TPSA) is 41.5 Å². The molecule has 1 heterocycles. The molecule has 0 aromatic rings. The molecule has 0 saturated carbocycles. The second-order valence-corrected chi connectivity index (χ2v) is 3.43. The van der Waals surface area contributed by atoms with Gasteiger partial charge in [-0.2, -0.15) is 0 Å². The summed E-state index contributed by atoms with van der Waals surface area (Å²) in [4.78, 5) is 0. The number of rotatable bonds is 3. The molecule has 0 bridgehead atoms. The van der Waals surface area contributed by atoms with Crippen molar-refractivity contribution in [3.05, 3.63) is 0 Å². The summed E-state index contributed by atoms with van der Waals surface area (Å²) in [6.07, 6.45) is 1.59. The Hall–Kier alpha value is -0.120. The first-order valence-corrected chi connectivity index (χ1v) is 4.77. The van der Waals surface area contributed by atoms with Gasteiger partial charge in [0.05, 0.1) is 12.2 Å². The van der Waals surface area contributed by atoms with Crippen molar-refractivity contribution in [2.75, 3.05) is 13.2 Å². The average molecular weight is 173 g/mol. The minimum Gasteiger partial charge on any atom is -0.393 e. The Labute approximate surface area is 74.1 Å². The fourth-order valence-corrected chi connectivity index (χ4v) is 1.61. The molecule has 3 atom stereocenters. The molecule has 0 amide bonds. The van der Waals surface area contributed by atoms with Crippen LogP contribution in [0.5, 0.6) is 0 Å². The SMILES string of the molecule is CCNC(C)C1CC(O)CCO1. The van der Waals surface area contributed by atoms with Gasteiger partial charge in [0, 0.05) is 19.1 Å². The highest BCUT2D eigenvalue weighted by Gasteiger charge is 2.24. The van der Waals surface area contributed by atoms with E-state index in [1.807, 2.05) is 0 Å². The average Bonchev–Trinajstić information content (AvgIpc) is 2.05. The summed E-state index contributed by atoms with van der Waals surface area (Å²) in [5.74, 6) is 0. The van der Waals surface area contributed by atoms with Crippen LogP contribution >= 0.6 is 0 Å². The number of aliphatic hydroxyl groups excluding tert-OH is 1. The zero-order chi connectivity index (χ0) is 8.97. The minimum absolute atomic E-state index is 0.162. The molecule has 0 aromatic heterocycles. The molecule has 3 heteroatoms. The monoisotopic (exact) mass is 173 g/mol. The lowest BCUT2D eigenvalue weighted by molar-refractivity contribution is -0.0560. The van der Waals surface area contributed by atoms with Gasteiger partial charge >= 0.3 is 0 Å². The van der Waals surface area contributed by atoms with Crippen molar-refractivity contribution in [1.29, 1.82) is 0 Å². The third-order valence-electron chi connectivity index (χ3n) is 2.37. The Balaban J connectivity index is 2.29. The molecule has 12 heavy (non-hydrogen) atoms. The van der Waals surface area contributed by atoms with E-state index in [9.17, 15) is 5.11 Å². The van der Waals surface area contributed by atoms with E-state index in [-0.39, 0.29) is 12.2 Å². The second-order valence-electron chi connectivity index (χ2n) is 3.43. The predicted molar refractivity (Wildman–Crippen MR) is 48.1 cm³/mol. The lowest BCUT2D eigenvalue weighted by atomic mass is 10.0. The van der Waals surface area contributed by atoms with Gasteiger partial charge in [0.2, 0.25) is 0 Å². The molecule has 1 rings (SSSR count). The zero-order valence-electron chi connectivity index (χ0n) is 7.92. The van der Waals surface area contributed by atoms with Crippen LogP contribution in [0.1, 0.15) is 26.7 Å². The molecule has 0 radical (unpaired) electrons. The van der Waals surface area contributed by atoms with E-state index in [2.05, 4.69) is 19.2 Å². The van der Waals surface area contributed by atoms with Crippen molar-refractivity contribution in [2.24, 2.45) is 0 Å². The standard InChI is InChI=1S/C9H19NO2/c1-3-10-7(2)9-6-8(11)4-5-12-9/h7-11H,3-6H2,1-2H3. The largest absolute Gasteiger partial charge is 0.393 e. The molecule has 1 fully saturated rings. The number of likely N-dealkylation sites (N-methyl/N-ethyl adjacent to an activating group) is 1. The molecule has 1 aliphatic heterocycles.